The Morgan fingerprint density at radius 3 is 2.62 bits per heavy atom. The molecule has 2 aliphatic heterocycles. The summed E-state index contributed by atoms with van der Waals surface area (Å²) in [6, 6.07) is 3.99. The number of methoxy groups -OCH3 is 2. The number of rotatable bonds is 3. The van der Waals surface area contributed by atoms with Crippen LogP contribution in [0.3, 0.4) is 0 Å². The van der Waals surface area contributed by atoms with E-state index in [1.165, 1.54) is 0 Å². The van der Waals surface area contributed by atoms with Crippen LogP contribution in [-0.2, 0) is 21.5 Å². The van der Waals surface area contributed by atoms with Crippen molar-refractivity contribution >= 4 is 11.9 Å². The Balaban J connectivity index is 1.96. The average Bonchev–Trinajstić information content (AvgIpc) is 2.96. The van der Waals surface area contributed by atoms with Crippen molar-refractivity contribution in [3.8, 4) is 11.5 Å². The van der Waals surface area contributed by atoms with Crippen LogP contribution in [0.5, 0.6) is 11.5 Å². The minimum atomic E-state index is -0.791. The Kier molecular flexibility index (Phi) is 3.90. The smallest absolute Gasteiger partial charge is 0.307 e. The number of amides is 1. The van der Waals surface area contributed by atoms with Crippen LogP contribution in [0.25, 0.3) is 0 Å². The van der Waals surface area contributed by atoms with E-state index in [0.29, 0.717) is 30.9 Å². The van der Waals surface area contributed by atoms with Crippen LogP contribution >= 0.6 is 0 Å². The molecule has 2 heterocycles. The fraction of sp³-hybridized carbons (Fsp3) is 0.600. The second-order valence-electron chi connectivity index (χ2n) is 7.79. The van der Waals surface area contributed by atoms with E-state index >= 15 is 0 Å². The van der Waals surface area contributed by atoms with Gasteiger partial charge in [-0.2, -0.15) is 0 Å². The van der Waals surface area contributed by atoms with Gasteiger partial charge < -0.3 is 19.5 Å². The molecule has 6 nitrogen and oxygen atoms in total. The van der Waals surface area contributed by atoms with E-state index in [-0.39, 0.29) is 17.7 Å². The number of hydrogen-bond acceptors (Lipinski definition) is 4. The van der Waals surface area contributed by atoms with E-state index in [9.17, 15) is 14.7 Å². The summed E-state index contributed by atoms with van der Waals surface area (Å²) in [5, 5.41) is 9.83. The number of benzene rings is 1. The molecule has 0 aromatic heterocycles. The van der Waals surface area contributed by atoms with E-state index in [4.69, 9.17) is 9.47 Å². The van der Waals surface area contributed by atoms with Gasteiger partial charge in [-0.15, -0.1) is 0 Å². The van der Waals surface area contributed by atoms with Gasteiger partial charge in [-0.1, -0.05) is 6.92 Å². The number of hydrogen-bond donors (Lipinski definition) is 1. The summed E-state index contributed by atoms with van der Waals surface area (Å²) in [5.74, 6) is -0.0755. The van der Waals surface area contributed by atoms with E-state index in [0.717, 1.165) is 24.0 Å². The van der Waals surface area contributed by atoms with E-state index < -0.39 is 17.4 Å². The molecule has 1 amide bonds. The highest BCUT2D eigenvalue weighted by Gasteiger charge is 2.64. The molecule has 1 N–H and O–H groups in total. The fourth-order valence-electron chi connectivity index (χ4n) is 5.74. The van der Waals surface area contributed by atoms with Gasteiger partial charge in [-0.3, -0.25) is 9.59 Å². The van der Waals surface area contributed by atoms with Gasteiger partial charge in [0.25, 0.3) is 0 Å². The second-order valence-corrected chi connectivity index (χ2v) is 7.79. The van der Waals surface area contributed by atoms with Gasteiger partial charge >= 0.3 is 5.97 Å². The van der Waals surface area contributed by atoms with Crippen LogP contribution < -0.4 is 9.47 Å². The highest BCUT2D eigenvalue weighted by Crippen LogP contribution is 2.61. The van der Waals surface area contributed by atoms with E-state index in [1.54, 1.807) is 14.2 Å². The number of carbonyl (C=O) groups excluding carboxylic acids is 1. The highest BCUT2D eigenvalue weighted by atomic mass is 16.5. The number of carboxylic acids is 1. The van der Waals surface area contributed by atoms with Crippen molar-refractivity contribution in [1.29, 1.82) is 0 Å². The van der Waals surface area contributed by atoms with E-state index in [1.807, 2.05) is 24.0 Å². The van der Waals surface area contributed by atoms with Gasteiger partial charge in [-0.25, -0.2) is 0 Å². The molecule has 0 unspecified atom stereocenters. The molecule has 0 bridgehead atoms. The lowest BCUT2D eigenvalue weighted by Gasteiger charge is -2.39. The van der Waals surface area contributed by atoms with Crippen molar-refractivity contribution in [3.05, 3.63) is 23.3 Å². The van der Waals surface area contributed by atoms with Gasteiger partial charge in [0.1, 0.15) is 0 Å². The molecule has 1 aliphatic carbocycles. The first-order valence-electron chi connectivity index (χ1n) is 9.22. The largest absolute Gasteiger partial charge is 0.493 e. The van der Waals surface area contributed by atoms with Crippen LogP contribution in [0.15, 0.2) is 12.1 Å². The summed E-state index contributed by atoms with van der Waals surface area (Å²) in [7, 11) is 3.22. The zero-order chi connectivity index (χ0) is 18.6. The third-order valence-electron chi connectivity index (χ3n) is 6.66. The maximum Gasteiger partial charge on any atom is 0.307 e. The summed E-state index contributed by atoms with van der Waals surface area (Å²) in [5.41, 5.74) is 1.66. The fourth-order valence-corrected chi connectivity index (χ4v) is 5.74. The van der Waals surface area contributed by atoms with E-state index in [2.05, 4.69) is 0 Å². The lowest BCUT2D eigenvalue weighted by atomic mass is 9.76. The molecule has 3 aliphatic rings. The zero-order valence-corrected chi connectivity index (χ0v) is 15.4. The number of aliphatic carboxylic acids is 1. The van der Waals surface area contributed by atoms with Crippen molar-refractivity contribution in [2.24, 2.45) is 17.8 Å². The third-order valence-corrected chi connectivity index (χ3v) is 6.66. The van der Waals surface area contributed by atoms with Crippen molar-refractivity contribution in [1.82, 2.24) is 4.90 Å². The third kappa shape index (κ3) is 2.10. The number of nitrogens with zero attached hydrogens (tertiary/aromatic N) is 1. The number of fused-ring (bicyclic) bond motifs is 1. The van der Waals surface area contributed by atoms with Gasteiger partial charge in [-0.05, 0) is 48.4 Å². The monoisotopic (exact) mass is 359 g/mol. The molecule has 140 valence electrons. The maximum atomic E-state index is 12.8. The molecular weight excluding hydrogens is 334 g/mol. The van der Waals surface area contributed by atoms with Crippen LogP contribution in [-0.4, -0.2) is 42.6 Å². The minimum absolute atomic E-state index is 0.0205. The van der Waals surface area contributed by atoms with Crippen molar-refractivity contribution in [3.63, 3.8) is 0 Å². The summed E-state index contributed by atoms with van der Waals surface area (Å²) >= 11 is 0. The maximum absolute atomic E-state index is 12.8. The van der Waals surface area contributed by atoms with Crippen LogP contribution in [0, 0.1) is 17.8 Å². The van der Waals surface area contributed by atoms with Gasteiger partial charge in [0, 0.05) is 18.9 Å². The quantitative estimate of drug-likeness (QED) is 0.897. The molecule has 1 aromatic carbocycles. The van der Waals surface area contributed by atoms with Gasteiger partial charge in [0.2, 0.25) is 5.91 Å². The number of carboxylic acid groups (broad SMARTS) is 1. The van der Waals surface area contributed by atoms with Crippen molar-refractivity contribution < 1.29 is 24.2 Å². The Morgan fingerprint density at radius 2 is 1.96 bits per heavy atom. The Hall–Kier alpha value is -2.24. The normalized spacial score (nSPS) is 32.5. The average molecular weight is 359 g/mol. The number of aryl methyl sites for hydroxylation is 1. The molecule has 2 fully saturated rings. The predicted octanol–water partition coefficient (Wildman–Crippen LogP) is 2.43. The summed E-state index contributed by atoms with van der Waals surface area (Å²) in [4.78, 5) is 26.8. The molecular formula is C20H25NO5. The molecule has 4 rings (SSSR count). The van der Waals surface area contributed by atoms with Crippen molar-refractivity contribution in [2.45, 2.75) is 38.1 Å². The first kappa shape index (κ1) is 17.2. The molecule has 1 saturated heterocycles. The topological polar surface area (TPSA) is 76.1 Å². The summed E-state index contributed by atoms with van der Waals surface area (Å²) in [6.07, 6.45) is 2.72. The molecule has 4 atom stereocenters. The highest BCUT2D eigenvalue weighted by molar-refractivity contribution is 5.84. The van der Waals surface area contributed by atoms with Crippen LogP contribution in [0.4, 0.5) is 0 Å². The molecule has 1 spiro atoms. The molecule has 1 saturated carbocycles. The summed E-state index contributed by atoms with van der Waals surface area (Å²) < 4.78 is 11.0. The summed E-state index contributed by atoms with van der Waals surface area (Å²) in [6.45, 7) is 2.67. The first-order valence-corrected chi connectivity index (χ1v) is 9.22. The Bertz CT molecular complexity index is 776. The van der Waals surface area contributed by atoms with Crippen LogP contribution in [0.1, 0.15) is 37.3 Å². The van der Waals surface area contributed by atoms with Gasteiger partial charge in [0.15, 0.2) is 11.5 Å². The standard InChI is InChI=1S/C20H25NO5/c1-11-10-20-13-8-16(26-3)15(25-2)7-12(13)5-4-6-21(20)17(22)9-14(20)18(11)19(23)24/h7-8,11,14,18H,4-6,9-10H2,1-3H3,(H,23,24)/t11-,14-,18+,20-/m0/s1. The second kappa shape index (κ2) is 5.89. The molecule has 26 heavy (non-hydrogen) atoms. The predicted molar refractivity (Wildman–Crippen MR) is 94.3 cm³/mol. The molecule has 0 radical (unpaired) electrons. The lowest BCUT2D eigenvalue weighted by molar-refractivity contribution is -0.144. The number of ether oxygens (including phenoxy) is 2. The lowest BCUT2D eigenvalue weighted by Crippen LogP contribution is -2.45. The first-order chi connectivity index (χ1) is 12.4. The zero-order valence-electron chi connectivity index (χ0n) is 15.4. The minimum Gasteiger partial charge on any atom is -0.493 e. The van der Waals surface area contributed by atoms with Gasteiger partial charge in [0.05, 0.1) is 25.7 Å². The Morgan fingerprint density at radius 1 is 1.27 bits per heavy atom. The molecule has 1 aromatic rings. The Labute approximate surface area is 153 Å². The number of carbonyl (C=O) groups is 2. The van der Waals surface area contributed by atoms with Crippen molar-refractivity contribution in [2.75, 3.05) is 20.8 Å². The molecule has 6 heteroatoms. The SMILES string of the molecule is COc1cc2c(cc1OC)[C@@]13C[C@H](C)[C@@H](C(=O)O)[C@@H]1CC(=O)N3CCC2. The van der Waals surface area contributed by atoms with Crippen LogP contribution in [0.2, 0.25) is 0 Å².